The van der Waals surface area contributed by atoms with E-state index in [9.17, 15) is 19.5 Å². The van der Waals surface area contributed by atoms with Crippen LogP contribution in [0.25, 0.3) is 11.1 Å². The van der Waals surface area contributed by atoms with Gasteiger partial charge in [0.2, 0.25) is 5.91 Å². The van der Waals surface area contributed by atoms with Gasteiger partial charge in [-0.1, -0.05) is 55.0 Å². The zero-order valence-corrected chi connectivity index (χ0v) is 19.7. The molecule has 2 aromatic rings. The molecule has 2 atom stereocenters. The molecule has 2 aromatic carbocycles. The summed E-state index contributed by atoms with van der Waals surface area (Å²) in [6.07, 6.45) is 2.16. The van der Waals surface area contributed by atoms with Gasteiger partial charge in [-0.2, -0.15) is 0 Å². The molecule has 180 valence electrons. The van der Waals surface area contributed by atoms with Crippen molar-refractivity contribution in [2.75, 3.05) is 6.61 Å². The highest BCUT2D eigenvalue weighted by molar-refractivity contribution is 5.80. The summed E-state index contributed by atoms with van der Waals surface area (Å²) in [5.41, 5.74) is 4.00. The van der Waals surface area contributed by atoms with E-state index in [1.54, 1.807) is 0 Å². The van der Waals surface area contributed by atoms with Gasteiger partial charge in [-0.25, -0.2) is 4.79 Å². The van der Waals surface area contributed by atoms with E-state index in [1.165, 1.54) is 11.1 Å². The van der Waals surface area contributed by atoms with Crippen LogP contribution in [-0.2, 0) is 14.3 Å². The molecule has 2 amide bonds. The Balaban J connectivity index is 1.27. The van der Waals surface area contributed by atoms with Gasteiger partial charge in [0.15, 0.2) is 0 Å². The van der Waals surface area contributed by atoms with Gasteiger partial charge in [-0.3, -0.25) is 9.59 Å². The summed E-state index contributed by atoms with van der Waals surface area (Å²) in [5, 5.41) is 15.0. The molecular formula is C27H32N2O5. The SMILES string of the molecule is CC(C)(CCC(=O)N[C@H]1CCC[C@H]1C(=O)O)NC(=O)OCC1c2ccccc2-c2ccccc21. The number of carboxylic acid groups (broad SMARTS) is 1. The van der Waals surface area contributed by atoms with E-state index in [2.05, 4.69) is 34.9 Å². The average Bonchev–Trinajstić information content (AvgIpc) is 3.39. The molecule has 34 heavy (non-hydrogen) atoms. The summed E-state index contributed by atoms with van der Waals surface area (Å²) in [4.78, 5) is 36.3. The molecule has 0 aromatic heterocycles. The van der Waals surface area contributed by atoms with Crippen molar-refractivity contribution in [3.8, 4) is 11.1 Å². The largest absolute Gasteiger partial charge is 0.481 e. The van der Waals surface area contributed by atoms with Crippen LogP contribution in [0, 0.1) is 5.92 Å². The van der Waals surface area contributed by atoms with Crippen molar-refractivity contribution in [2.24, 2.45) is 5.92 Å². The van der Waals surface area contributed by atoms with Gasteiger partial charge < -0.3 is 20.5 Å². The minimum absolute atomic E-state index is 0.0133. The van der Waals surface area contributed by atoms with Crippen LogP contribution in [0.1, 0.15) is 63.0 Å². The Kier molecular flexibility index (Phi) is 6.91. The predicted molar refractivity (Wildman–Crippen MR) is 128 cm³/mol. The van der Waals surface area contributed by atoms with Crippen molar-refractivity contribution in [3.05, 3.63) is 59.7 Å². The van der Waals surface area contributed by atoms with Crippen LogP contribution in [0.4, 0.5) is 4.79 Å². The first kappa shape index (κ1) is 23.8. The first-order valence-electron chi connectivity index (χ1n) is 11.9. The molecule has 7 heteroatoms. The second-order valence-electron chi connectivity index (χ2n) is 9.88. The third kappa shape index (κ3) is 5.24. The van der Waals surface area contributed by atoms with Crippen molar-refractivity contribution >= 4 is 18.0 Å². The van der Waals surface area contributed by atoms with E-state index < -0.39 is 23.5 Å². The summed E-state index contributed by atoms with van der Waals surface area (Å²) in [7, 11) is 0. The number of nitrogens with one attached hydrogen (secondary N) is 2. The van der Waals surface area contributed by atoms with Gasteiger partial charge >= 0.3 is 12.1 Å². The molecule has 0 saturated heterocycles. The van der Waals surface area contributed by atoms with Gasteiger partial charge in [-0.05, 0) is 55.4 Å². The number of benzene rings is 2. The lowest BCUT2D eigenvalue weighted by Gasteiger charge is -2.26. The van der Waals surface area contributed by atoms with Crippen molar-refractivity contribution in [3.63, 3.8) is 0 Å². The van der Waals surface area contributed by atoms with Crippen LogP contribution < -0.4 is 10.6 Å². The molecule has 2 aliphatic rings. The number of ether oxygens (including phenoxy) is 1. The zero-order valence-electron chi connectivity index (χ0n) is 19.7. The quantitative estimate of drug-likeness (QED) is 0.535. The van der Waals surface area contributed by atoms with Crippen LogP contribution in [0.15, 0.2) is 48.5 Å². The Morgan fingerprint density at radius 3 is 2.24 bits per heavy atom. The number of amides is 2. The van der Waals surface area contributed by atoms with E-state index in [4.69, 9.17) is 4.74 Å². The number of aliphatic carboxylic acids is 1. The summed E-state index contributed by atoms with van der Waals surface area (Å²) < 4.78 is 5.61. The van der Waals surface area contributed by atoms with Crippen LogP contribution >= 0.6 is 0 Å². The summed E-state index contributed by atoms with van der Waals surface area (Å²) >= 11 is 0. The molecule has 1 saturated carbocycles. The molecule has 0 bridgehead atoms. The second kappa shape index (κ2) is 9.87. The normalized spacial score (nSPS) is 19.2. The molecule has 3 N–H and O–H groups in total. The number of carboxylic acids is 1. The third-order valence-electron chi connectivity index (χ3n) is 6.94. The number of hydrogen-bond acceptors (Lipinski definition) is 4. The topological polar surface area (TPSA) is 105 Å². The summed E-state index contributed by atoms with van der Waals surface area (Å²) in [6, 6.07) is 16.0. The van der Waals surface area contributed by atoms with E-state index in [1.807, 2.05) is 38.1 Å². The number of carbonyl (C=O) groups excluding carboxylic acids is 2. The summed E-state index contributed by atoms with van der Waals surface area (Å²) in [5.74, 6) is -1.59. The monoisotopic (exact) mass is 464 g/mol. The van der Waals surface area contributed by atoms with E-state index in [0.29, 0.717) is 19.3 Å². The van der Waals surface area contributed by atoms with E-state index in [0.717, 1.165) is 17.5 Å². The highest BCUT2D eigenvalue weighted by atomic mass is 16.5. The molecule has 2 aliphatic carbocycles. The number of alkyl carbamates (subject to hydrolysis) is 1. The Bertz CT molecular complexity index is 1030. The first-order valence-corrected chi connectivity index (χ1v) is 11.9. The molecule has 0 aliphatic heterocycles. The Labute approximate surface area is 199 Å². The molecule has 1 fully saturated rings. The Morgan fingerprint density at radius 2 is 1.62 bits per heavy atom. The second-order valence-corrected chi connectivity index (χ2v) is 9.88. The standard InChI is InChI=1S/C27H32N2O5/c1-27(2,15-14-24(30)28-23-13-7-12-21(23)25(31)32)29-26(33)34-16-22-19-10-5-3-8-17(19)18-9-4-6-11-20(18)22/h3-6,8-11,21-23H,7,12-16H2,1-2H3,(H,28,30)(H,29,33)(H,31,32)/t21-,23+/m1/s1. The average molecular weight is 465 g/mol. The maximum absolute atomic E-state index is 12.6. The maximum Gasteiger partial charge on any atom is 0.407 e. The van der Waals surface area contributed by atoms with Crippen molar-refractivity contribution in [1.82, 2.24) is 10.6 Å². The van der Waals surface area contributed by atoms with Crippen LogP contribution in [-0.4, -0.2) is 41.3 Å². The molecule has 0 unspecified atom stereocenters. The van der Waals surface area contributed by atoms with E-state index in [-0.39, 0.29) is 30.9 Å². The lowest BCUT2D eigenvalue weighted by Crippen LogP contribution is -2.45. The predicted octanol–water partition coefficient (Wildman–Crippen LogP) is 4.45. The fourth-order valence-corrected chi connectivity index (χ4v) is 5.11. The third-order valence-corrected chi connectivity index (χ3v) is 6.94. The molecule has 0 heterocycles. The molecule has 4 rings (SSSR count). The minimum Gasteiger partial charge on any atom is -0.481 e. The summed E-state index contributed by atoms with van der Waals surface area (Å²) in [6.45, 7) is 3.92. The van der Waals surface area contributed by atoms with Gasteiger partial charge in [0.25, 0.3) is 0 Å². The van der Waals surface area contributed by atoms with Gasteiger partial charge in [0, 0.05) is 23.9 Å². The van der Waals surface area contributed by atoms with Gasteiger partial charge in [0.05, 0.1) is 5.92 Å². The number of rotatable bonds is 8. The highest BCUT2D eigenvalue weighted by Crippen LogP contribution is 2.44. The molecule has 0 spiro atoms. The number of carbonyl (C=O) groups is 3. The van der Waals surface area contributed by atoms with Gasteiger partial charge in [0.1, 0.15) is 6.61 Å². The smallest absolute Gasteiger partial charge is 0.407 e. The van der Waals surface area contributed by atoms with Crippen molar-refractivity contribution in [1.29, 1.82) is 0 Å². The Morgan fingerprint density at radius 1 is 1.00 bits per heavy atom. The first-order chi connectivity index (χ1) is 16.2. The fourth-order valence-electron chi connectivity index (χ4n) is 5.11. The lowest BCUT2D eigenvalue weighted by atomic mass is 9.97. The van der Waals surface area contributed by atoms with Crippen LogP contribution in [0.5, 0.6) is 0 Å². The Hall–Kier alpha value is -3.35. The highest BCUT2D eigenvalue weighted by Gasteiger charge is 2.34. The number of hydrogen-bond donors (Lipinski definition) is 3. The zero-order chi connectivity index (χ0) is 24.3. The van der Waals surface area contributed by atoms with Crippen LogP contribution in [0.2, 0.25) is 0 Å². The minimum atomic E-state index is -0.861. The van der Waals surface area contributed by atoms with Crippen molar-refractivity contribution < 1.29 is 24.2 Å². The molecular weight excluding hydrogens is 432 g/mol. The lowest BCUT2D eigenvalue weighted by molar-refractivity contribution is -0.142. The fraction of sp³-hybridized carbons (Fsp3) is 0.444. The van der Waals surface area contributed by atoms with Gasteiger partial charge in [-0.15, -0.1) is 0 Å². The molecule has 0 radical (unpaired) electrons. The molecule has 7 nitrogen and oxygen atoms in total. The van der Waals surface area contributed by atoms with Crippen LogP contribution in [0.3, 0.4) is 0 Å². The number of fused-ring (bicyclic) bond motifs is 3. The van der Waals surface area contributed by atoms with E-state index >= 15 is 0 Å². The maximum atomic E-state index is 12.6. The van der Waals surface area contributed by atoms with Crippen molar-refractivity contribution in [2.45, 2.75) is 63.5 Å².